The molecule has 8 nitrogen and oxygen atoms in total. The number of halogens is 1. The van der Waals surface area contributed by atoms with Crippen LogP contribution < -0.4 is 16.4 Å². The number of ether oxygens (including phenoxy) is 1. The quantitative estimate of drug-likeness (QED) is 0.579. The summed E-state index contributed by atoms with van der Waals surface area (Å²) in [5.41, 5.74) is 0.193. The van der Waals surface area contributed by atoms with Gasteiger partial charge in [0.15, 0.2) is 0 Å². The van der Waals surface area contributed by atoms with Crippen LogP contribution in [0.5, 0.6) is 0 Å². The number of hydrogen-bond acceptors (Lipinski definition) is 5. The van der Waals surface area contributed by atoms with E-state index in [4.69, 9.17) is 4.74 Å². The maximum absolute atomic E-state index is 13.4. The minimum absolute atomic E-state index is 0.0352. The summed E-state index contributed by atoms with van der Waals surface area (Å²) in [5.74, 6) is -0.556. The van der Waals surface area contributed by atoms with E-state index in [1.807, 2.05) is 0 Å². The fraction of sp³-hybridized carbons (Fsp3) is 0.348. The number of benzene rings is 2. The summed E-state index contributed by atoms with van der Waals surface area (Å²) < 4.78 is 20.0. The van der Waals surface area contributed by atoms with Crippen molar-refractivity contribution < 1.29 is 13.9 Å². The molecule has 0 radical (unpaired) electrons. The predicted molar refractivity (Wildman–Crippen MR) is 118 cm³/mol. The van der Waals surface area contributed by atoms with E-state index in [0.29, 0.717) is 43.6 Å². The Morgan fingerprint density at radius 2 is 1.75 bits per heavy atom. The largest absolute Gasteiger partial charge is 0.379 e. The van der Waals surface area contributed by atoms with E-state index in [1.54, 1.807) is 36.4 Å². The molecule has 1 amide bonds. The first kappa shape index (κ1) is 21.9. The number of aromatic nitrogens is 2. The molecule has 1 saturated heterocycles. The van der Waals surface area contributed by atoms with Gasteiger partial charge in [-0.05, 0) is 29.8 Å². The van der Waals surface area contributed by atoms with Crippen LogP contribution >= 0.6 is 0 Å². The molecular formula is C23H25FN4O4. The SMILES string of the molecule is O=C(CCn1[nH]c(=O)c2ccccc2c1=O)NCC(c1ccc(F)cc1)N1CCOCC1. The lowest BCUT2D eigenvalue weighted by Gasteiger charge is -2.35. The zero-order valence-corrected chi connectivity index (χ0v) is 17.6. The molecule has 1 aliphatic rings. The summed E-state index contributed by atoms with van der Waals surface area (Å²) in [6.45, 7) is 3.03. The number of rotatable bonds is 7. The Labute approximate surface area is 183 Å². The van der Waals surface area contributed by atoms with Crippen LogP contribution in [0.4, 0.5) is 4.39 Å². The molecule has 0 bridgehead atoms. The molecule has 2 N–H and O–H groups in total. The lowest BCUT2D eigenvalue weighted by Crippen LogP contribution is -2.44. The smallest absolute Gasteiger partial charge is 0.273 e. The number of amides is 1. The summed E-state index contributed by atoms with van der Waals surface area (Å²) in [6, 6.07) is 12.7. The predicted octanol–water partition coefficient (Wildman–Crippen LogP) is 1.41. The van der Waals surface area contributed by atoms with Gasteiger partial charge in [-0.2, -0.15) is 0 Å². The van der Waals surface area contributed by atoms with Crippen molar-refractivity contribution in [3.05, 3.63) is 80.6 Å². The second-order valence-corrected chi connectivity index (χ2v) is 7.71. The maximum atomic E-state index is 13.4. The van der Waals surface area contributed by atoms with Gasteiger partial charge in [-0.1, -0.05) is 24.3 Å². The van der Waals surface area contributed by atoms with E-state index in [-0.39, 0.29) is 41.9 Å². The average molecular weight is 440 g/mol. The van der Waals surface area contributed by atoms with Crippen molar-refractivity contribution in [1.29, 1.82) is 0 Å². The van der Waals surface area contributed by atoms with Crippen molar-refractivity contribution in [3.63, 3.8) is 0 Å². The van der Waals surface area contributed by atoms with Crippen molar-refractivity contribution in [1.82, 2.24) is 20.0 Å². The van der Waals surface area contributed by atoms with Crippen LogP contribution in [0.15, 0.2) is 58.1 Å². The van der Waals surface area contributed by atoms with Gasteiger partial charge in [-0.3, -0.25) is 24.4 Å². The molecule has 1 atom stereocenters. The van der Waals surface area contributed by atoms with Crippen LogP contribution in [0.25, 0.3) is 10.8 Å². The molecule has 32 heavy (non-hydrogen) atoms. The third-order valence-corrected chi connectivity index (χ3v) is 5.68. The van der Waals surface area contributed by atoms with Gasteiger partial charge in [-0.25, -0.2) is 9.07 Å². The van der Waals surface area contributed by atoms with Crippen LogP contribution in [-0.2, 0) is 16.1 Å². The molecule has 168 valence electrons. The number of morpholine rings is 1. The Morgan fingerprint density at radius 1 is 1.06 bits per heavy atom. The van der Waals surface area contributed by atoms with Gasteiger partial charge in [-0.15, -0.1) is 0 Å². The Hall–Kier alpha value is -3.30. The minimum atomic E-state index is -0.371. The van der Waals surface area contributed by atoms with Gasteiger partial charge >= 0.3 is 0 Å². The molecule has 1 fully saturated rings. The van der Waals surface area contributed by atoms with Crippen molar-refractivity contribution in [2.24, 2.45) is 0 Å². The van der Waals surface area contributed by atoms with E-state index in [0.717, 1.165) is 5.56 Å². The number of hydrogen-bond donors (Lipinski definition) is 2. The molecule has 0 spiro atoms. The van der Waals surface area contributed by atoms with E-state index < -0.39 is 0 Å². The van der Waals surface area contributed by atoms with E-state index >= 15 is 0 Å². The van der Waals surface area contributed by atoms with Gasteiger partial charge in [0.1, 0.15) is 5.82 Å². The van der Waals surface area contributed by atoms with Crippen LogP contribution in [0.2, 0.25) is 0 Å². The first-order valence-electron chi connectivity index (χ1n) is 10.6. The van der Waals surface area contributed by atoms with Gasteiger partial charge in [0.2, 0.25) is 5.91 Å². The summed E-state index contributed by atoms with van der Waals surface area (Å²) >= 11 is 0. The lowest BCUT2D eigenvalue weighted by atomic mass is 10.0. The summed E-state index contributed by atoms with van der Waals surface area (Å²) in [4.78, 5) is 39.5. The number of fused-ring (bicyclic) bond motifs is 1. The van der Waals surface area contributed by atoms with Gasteiger partial charge in [0.05, 0.1) is 36.6 Å². The zero-order valence-electron chi connectivity index (χ0n) is 17.6. The highest BCUT2D eigenvalue weighted by Crippen LogP contribution is 2.21. The molecular weight excluding hydrogens is 415 g/mol. The Kier molecular flexibility index (Phi) is 6.77. The Bertz CT molecular complexity index is 1200. The van der Waals surface area contributed by atoms with E-state index in [2.05, 4.69) is 15.3 Å². The van der Waals surface area contributed by atoms with E-state index in [9.17, 15) is 18.8 Å². The number of nitrogens with one attached hydrogen (secondary N) is 2. The van der Waals surface area contributed by atoms with Crippen LogP contribution in [0.3, 0.4) is 0 Å². The molecule has 1 unspecified atom stereocenters. The molecule has 0 aliphatic carbocycles. The monoisotopic (exact) mass is 440 g/mol. The van der Waals surface area contributed by atoms with Gasteiger partial charge in [0.25, 0.3) is 11.1 Å². The highest BCUT2D eigenvalue weighted by molar-refractivity contribution is 5.80. The molecule has 9 heteroatoms. The fourth-order valence-corrected chi connectivity index (χ4v) is 3.95. The molecule has 1 aromatic heterocycles. The molecule has 2 heterocycles. The number of carbonyl (C=O) groups is 1. The molecule has 0 saturated carbocycles. The standard InChI is InChI=1S/C23H25FN4O4/c24-17-7-5-16(6-8-17)20(27-11-13-32-14-12-27)15-25-21(29)9-10-28-23(31)19-4-2-1-3-18(19)22(30)26-28/h1-8,20H,9-15H2,(H,25,29)(H,26,30). The average Bonchev–Trinajstić information content (AvgIpc) is 2.82. The van der Waals surface area contributed by atoms with Crippen molar-refractivity contribution >= 4 is 16.7 Å². The van der Waals surface area contributed by atoms with Crippen molar-refractivity contribution in [3.8, 4) is 0 Å². The second kappa shape index (κ2) is 9.88. The lowest BCUT2D eigenvalue weighted by molar-refractivity contribution is -0.121. The molecule has 4 rings (SSSR count). The Morgan fingerprint density at radius 3 is 2.47 bits per heavy atom. The van der Waals surface area contributed by atoms with Crippen molar-refractivity contribution in [2.45, 2.75) is 19.0 Å². The molecule has 3 aromatic rings. The highest BCUT2D eigenvalue weighted by Gasteiger charge is 2.23. The van der Waals surface area contributed by atoms with Crippen LogP contribution in [0, 0.1) is 5.82 Å². The number of carbonyl (C=O) groups excluding carboxylic acids is 1. The topological polar surface area (TPSA) is 96.4 Å². The van der Waals surface area contributed by atoms with E-state index in [1.165, 1.54) is 16.8 Å². The Balaban J connectivity index is 1.42. The third kappa shape index (κ3) is 4.95. The fourth-order valence-electron chi connectivity index (χ4n) is 3.95. The highest BCUT2D eigenvalue weighted by atomic mass is 19.1. The molecule has 2 aromatic carbocycles. The minimum Gasteiger partial charge on any atom is -0.379 e. The summed E-state index contributed by atoms with van der Waals surface area (Å²) in [6.07, 6.45) is 0.0352. The van der Waals surface area contributed by atoms with Gasteiger partial charge < -0.3 is 10.1 Å². The summed E-state index contributed by atoms with van der Waals surface area (Å²) in [7, 11) is 0. The maximum Gasteiger partial charge on any atom is 0.273 e. The number of H-pyrrole nitrogens is 1. The van der Waals surface area contributed by atoms with Crippen LogP contribution in [0.1, 0.15) is 18.0 Å². The van der Waals surface area contributed by atoms with Gasteiger partial charge in [0, 0.05) is 26.1 Å². The number of aromatic amines is 1. The first-order chi connectivity index (χ1) is 15.5. The number of aryl methyl sites for hydroxylation is 1. The zero-order chi connectivity index (χ0) is 22.5. The molecule has 1 aliphatic heterocycles. The second-order valence-electron chi connectivity index (χ2n) is 7.71. The number of nitrogens with zero attached hydrogens (tertiary/aromatic N) is 2. The normalized spacial score (nSPS) is 15.5. The van der Waals surface area contributed by atoms with Crippen LogP contribution in [-0.4, -0.2) is 53.4 Å². The third-order valence-electron chi connectivity index (χ3n) is 5.68. The first-order valence-corrected chi connectivity index (χ1v) is 10.6. The summed E-state index contributed by atoms with van der Waals surface area (Å²) in [5, 5.41) is 6.09. The van der Waals surface area contributed by atoms with Crippen molar-refractivity contribution in [2.75, 3.05) is 32.8 Å².